The lowest BCUT2D eigenvalue weighted by Gasteiger charge is -2.29. The van der Waals surface area contributed by atoms with Gasteiger partial charge < -0.3 is 19.5 Å². The second-order valence-electron chi connectivity index (χ2n) is 10.9. The van der Waals surface area contributed by atoms with Crippen LogP contribution in [0.4, 0.5) is 19.0 Å². The molecule has 40 heavy (non-hydrogen) atoms. The summed E-state index contributed by atoms with van der Waals surface area (Å²) in [5.41, 5.74) is 1.14. The number of ether oxygens (including phenoxy) is 1. The smallest absolute Gasteiger partial charge is 0.361 e. The van der Waals surface area contributed by atoms with E-state index < -0.39 is 43.1 Å². The molecule has 1 aliphatic heterocycles. The van der Waals surface area contributed by atoms with Crippen LogP contribution in [0.2, 0.25) is 25.7 Å². The minimum atomic E-state index is -4.44. The molecular formula is C24H34F3N7O4SSi. The monoisotopic (exact) mass is 601 g/mol. The van der Waals surface area contributed by atoms with Gasteiger partial charge in [-0.2, -0.15) is 22.4 Å². The Hall–Kier alpha value is -2.98. The van der Waals surface area contributed by atoms with Gasteiger partial charge in [-0.1, -0.05) is 19.6 Å². The predicted molar refractivity (Wildman–Crippen MR) is 146 cm³/mol. The summed E-state index contributed by atoms with van der Waals surface area (Å²) in [5.74, 6) is -0.520. The molecule has 0 aromatic carbocycles. The lowest BCUT2D eigenvalue weighted by molar-refractivity contribution is -0.133. The van der Waals surface area contributed by atoms with Crippen molar-refractivity contribution in [2.75, 3.05) is 30.3 Å². The maximum absolute atomic E-state index is 12.9. The highest BCUT2D eigenvalue weighted by molar-refractivity contribution is 7.89. The highest BCUT2D eigenvalue weighted by Gasteiger charge is 2.33. The van der Waals surface area contributed by atoms with E-state index in [2.05, 4.69) is 40.0 Å². The van der Waals surface area contributed by atoms with Crippen molar-refractivity contribution < 1.29 is 31.1 Å². The summed E-state index contributed by atoms with van der Waals surface area (Å²) in [4.78, 5) is 23.6. The molecular weight excluding hydrogens is 567 g/mol. The van der Waals surface area contributed by atoms with Crippen LogP contribution < -0.4 is 10.2 Å². The number of hydrogen-bond donors (Lipinski definition) is 1. The predicted octanol–water partition coefficient (Wildman–Crippen LogP) is 3.38. The zero-order chi connectivity index (χ0) is 29.3. The number of aromatic nitrogens is 5. The van der Waals surface area contributed by atoms with Gasteiger partial charge in [-0.3, -0.25) is 4.79 Å². The number of nitrogens with one attached hydrogen (secondary N) is 1. The van der Waals surface area contributed by atoms with Gasteiger partial charge in [0.05, 0.1) is 23.3 Å². The first-order valence-electron chi connectivity index (χ1n) is 13.0. The first kappa shape index (κ1) is 30.0. The van der Waals surface area contributed by atoms with Crippen LogP contribution >= 0.6 is 0 Å². The number of amides is 1. The SMILES string of the molecule is CCS(=O)(=O)n1nc(C(=O)NCCC(F)(F)F)c2c1CCN(c1ncnc3c1ccn3COCC[Si](C)(C)C)C2. The van der Waals surface area contributed by atoms with E-state index in [1.54, 1.807) is 0 Å². The van der Waals surface area contributed by atoms with Crippen LogP contribution in [0.3, 0.4) is 0 Å². The van der Waals surface area contributed by atoms with Crippen molar-refractivity contribution in [2.24, 2.45) is 0 Å². The average Bonchev–Trinajstić information content (AvgIpc) is 3.47. The Balaban J connectivity index is 1.60. The van der Waals surface area contributed by atoms with Crippen LogP contribution in [0.15, 0.2) is 18.6 Å². The summed E-state index contributed by atoms with van der Waals surface area (Å²) in [6, 6.07) is 2.91. The van der Waals surface area contributed by atoms with Gasteiger partial charge in [0.25, 0.3) is 15.9 Å². The fourth-order valence-electron chi connectivity index (χ4n) is 4.39. The van der Waals surface area contributed by atoms with E-state index in [1.807, 2.05) is 21.7 Å². The third-order valence-electron chi connectivity index (χ3n) is 6.62. The number of fused-ring (bicyclic) bond motifs is 2. The Labute approximate surface area is 231 Å². The Bertz CT molecular complexity index is 1480. The average molecular weight is 602 g/mol. The van der Waals surface area contributed by atoms with Crippen molar-refractivity contribution in [3.8, 4) is 0 Å². The van der Waals surface area contributed by atoms with Crippen molar-refractivity contribution in [2.45, 2.75) is 64.9 Å². The molecule has 0 unspecified atom stereocenters. The largest absolute Gasteiger partial charge is 0.390 e. The van der Waals surface area contributed by atoms with E-state index in [0.717, 1.165) is 15.5 Å². The molecule has 4 rings (SSSR count). The Morgan fingerprint density at radius 2 is 1.98 bits per heavy atom. The Morgan fingerprint density at radius 1 is 1.23 bits per heavy atom. The molecule has 16 heteroatoms. The summed E-state index contributed by atoms with van der Waals surface area (Å²) in [7, 11) is -5.07. The number of nitrogens with zero attached hydrogens (tertiary/aromatic N) is 6. The number of carbonyl (C=O) groups excluding carboxylic acids is 1. The van der Waals surface area contributed by atoms with Crippen LogP contribution in [0.1, 0.15) is 35.1 Å². The molecule has 1 amide bonds. The summed E-state index contributed by atoms with van der Waals surface area (Å²) < 4.78 is 71.9. The number of hydrogen-bond acceptors (Lipinski definition) is 8. The summed E-state index contributed by atoms with van der Waals surface area (Å²) in [6.45, 7) is 9.13. The number of carbonyl (C=O) groups is 1. The Morgan fingerprint density at radius 3 is 2.65 bits per heavy atom. The quantitative estimate of drug-likeness (QED) is 0.262. The third kappa shape index (κ3) is 6.83. The molecule has 4 heterocycles. The Kier molecular flexibility index (Phi) is 8.61. The maximum Gasteiger partial charge on any atom is 0.390 e. The molecule has 3 aromatic heterocycles. The fraction of sp³-hybridized carbons (Fsp3) is 0.583. The summed E-state index contributed by atoms with van der Waals surface area (Å²) in [5, 5.41) is 7.04. The first-order chi connectivity index (χ1) is 18.7. The first-order valence-corrected chi connectivity index (χ1v) is 18.3. The molecule has 220 valence electrons. The van der Waals surface area contributed by atoms with Gasteiger partial charge in [0.1, 0.15) is 24.5 Å². The lowest BCUT2D eigenvalue weighted by atomic mass is 10.0. The molecule has 1 aliphatic rings. The van der Waals surface area contributed by atoms with E-state index in [-0.39, 0.29) is 24.4 Å². The number of anilines is 1. The van der Waals surface area contributed by atoms with Gasteiger partial charge in [-0.05, 0) is 19.0 Å². The molecule has 11 nitrogen and oxygen atoms in total. The minimum absolute atomic E-state index is 0.0978. The normalized spacial score (nSPS) is 14.5. The highest BCUT2D eigenvalue weighted by Crippen LogP contribution is 2.31. The zero-order valence-electron chi connectivity index (χ0n) is 23.0. The molecule has 0 saturated heterocycles. The van der Waals surface area contributed by atoms with E-state index in [9.17, 15) is 26.4 Å². The fourth-order valence-corrected chi connectivity index (χ4v) is 6.14. The van der Waals surface area contributed by atoms with Crippen molar-refractivity contribution in [3.63, 3.8) is 0 Å². The van der Waals surface area contributed by atoms with E-state index in [4.69, 9.17) is 4.74 Å². The van der Waals surface area contributed by atoms with Crippen LogP contribution in [0.5, 0.6) is 0 Å². The van der Waals surface area contributed by atoms with Crippen LogP contribution in [-0.2, 0) is 34.5 Å². The van der Waals surface area contributed by atoms with Gasteiger partial charge in [0.15, 0.2) is 5.69 Å². The molecule has 1 N–H and O–H groups in total. The summed E-state index contributed by atoms with van der Waals surface area (Å²) >= 11 is 0. The number of halogens is 3. The molecule has 0 aliphatic carbocycles. The standard InChI is InChI=1S/C24H34F3N7O4SSi/c1-5-39(36,37)34-19-7-11-32(14-18(19)20(31-34)23(35)28-9-8-24(25,26)27)21-17-6-10-33(22(17)30-15-29-21)16-38-12-13-40(2,3)4/h6,10,15H,5,7-9,11-14,16H2,1-4H3,(H,28,35). The van der Waals surface area contributed by atoms with Crippen LogP contribution in [0, 0.1) is 0 Å². The molecule has 0 saturated carbocycles. The summed E-state index contributed by atoms with van der Waals surface area (Å²) in [6.07, 6.45) is -2.12. The van der Waals surface area contributed by atoms with Crippen LogP contribution in [0.25, 0.3) is 11.0 Å². The lowest BCUT2D eigenvalue weighted by Crippen LogP contribution is -2.34. The van der Waals surface area contributed by atoms with Gasteiger partial charge in [0, 0.05) is 52.5 Å². The molecule has 3 aromatic rings. The van der Waals surface area contributed by atoms with E-state index in [0.29, 0.717) is 42.6 Å². The van der Waals surface area contributed by atoms with Gasteiger partial charge >= 0.3 is 6.18 Å². The van der Waals surface area contributed by atoms with E-state index in [1.165, 1.54) is 13.3 Å². The minimum Gasteiger partial charge on any atom is -0.361 e. The molecule has 0 bridgehead atoms. The second-order valence-corrected chi connectivity index (χ2v) is 18.6. The van der Waals surface area contributed by atoms with Crippen molar-refractivity contribution >= 4 is 40.9 Å². The van der Waals surface area contributed by atoms with Gasteiger partial charge in [-0.15, -0.1) is 0 Å². The maximum atomic E-state index is 12.9. The topological polar surface area (TPSA) is 124 Å². The van der Waals surface area contributed by atoms with E-state index >= 15 is 0 Å². The second kappa shape index (κ2) is 11.5. The van der Waals surface area contributed by atoms with Crippen LogP contribution in [-0.4, -0.2) is 77.7 Å². The zero-order valence-corrected chi connectivity index (χ0v) is 24.8. The van der Waals surface area contributed by atoms with Gasteiger partial charge in [-0.25, -0.2) is 18.4 Å². The molecule has 0 atom stereocenters. The van der Waals surface area contributed by atoms with Gasteiger partial charge in [0.2, 0.25) is 0 Å². The van der Waals surface area contributed by atoms with Crippen molar-refractivity contribution in [1.29, 1.82) is 0 Å². The number of rotatable bonds is 11. The van der Waals surface area contributed by atoms with Crippen molar-refractivity contribution in [3.05, 3.63) is 35.5 Å². The van der Waals surface area contributed by atoms with Crippen molar-refractivity contribution in [1.82, 2.24) is 29.0 Å². The molecule has 0 spiro atoms. The third-order valence-corrected chi connectivity index (χ3v) is 9.88. The molecule has 0 fully saturated rings. The molecule has 0 radical (unpaired) electrons. The number of alkyl halides is 3. The highest BCUT2D eigenvalue weighted by atomic mass is 32.2.